The lowest BCUT2D eigenvalue weighted by Gasteiger charge is -2.22. The molecule has 0 bridgehead atoms. The summed E-state index contributed by atoms with van der Waals surface area (Å²) in [6.45, 7) is 3.01. The zero-order chi connectivity index (χ0) is 16.8. The van der Waals surface area contributed by atoms with Crippen molar-refractivity contribution in [2.75, 3.05) is 20.2 Å². The van der Waals surface area contributed by atoms with E-state index >= 15 is 0 Å². The van der Waals surface area contributed by atoms with Crippen LogP contribution in [0, 0.1) is 0 Å². The molecule has 0 spiro atoms. The number of ether oxygens (including phenoxy) is 1. The summed E-state index contributed by atoms with van der Waals surface area (Å²) < 4.78 is 6.90. The number of rotatable bonds is 6. The number of hydrogen-bond acceptors (Lipinski definition) is 5. The van der Waals surface area contributed by atoms with Crippen LogP contribution in [0.2, 0.25) is 0 Å². The van der Waals surface area contributed by atoms with E-state index in [1.807, 2.05) is 28.9 Å². The van der Waals surface area contributed by atoms with E-state index in [9.17, 15) is 4.79 Å². The first kappa shape index (κ1) is 16.6. The standard InChI is InChI=1S/C17H23N5O2/c1-24-12-14-4-2-13(3-5-14)10-19-17(23)16-11-22(21-20-16)15-6-8-18-9-7-15/h2-5,11,15,18H,6-10,12H2,1H3,(H,19,23). The minimum absolute atomic E-state index is 0.198. The lowest BCUT2D eigenvalue weighted by atomic mass is 10.1. The van der Waals surface area contributed by atoms with Crippen molar-refractivity contribution in [3.63, 3.8) is 0 Å². The van der Waals surface area contributed by atoms with Crippen molar-refractivity contribution in [3.8, 4) is 0 Å². The van der Waals surface area contributed by atoms with Gasteiger partial charge in [0.1, 0.15) is 0 Å². The number of nitrogens with one attached hydrogen (secondary N) is 2. The molecule has 0 saturated carbocycles. The van der Waals surface area contributed by atoms with Crippen LogP contribution >= 0.6 is 0 Å². The van der Waals surface area contributed by atoms with Crippen LogP contribution in [0.1, 0.15) is 40.5 Å². The van der Waals surface area contributed by atoms with Crippen LogP contribution in [0.25, 0.3) is 0 Å². The van der Waals surface area contributed by atoms with E-state index in [1.165, 1.54) is 0 Å². The fraction of sp³-hybridized carbons (Fsp3) is 0.471. The minimum Gasteiger partial charge on any atom is -0.380 e. The first-order valence-electron chi connectivity index (χ1n) is 8.24. The molecule has 2 N–H and O–H groups in total. The van der Waals surface area contributed by atoms with Crippen molar-refractivity contribution in [1.29, 1.82) is 0 Å². The maximum atomic E-state index is 12.2. The number of carbonyl (C=O) groups is 1. The zero-order valence-corrected chi connectivity index (χ0v) is 13.9. The van der Waals surface area contributed by atoms with Crippen LogP contribution in [0.15, 0.2) is 30.5 Å². The number of nitrogens with zero attached hydrogens (tertiary/aromatic N) is 3. The molecule has 1 amide bonds. The van der Waals surface area contributed by atoms with Gasteiger partial charge in [-0.2, -0.15) is 0 Å². The van der Waals surface area contributed by atoms with Crippen molar-refractivity contribution in [1.82, 2.24) is 25.6 Å². The summed E-state index contributed by atoms with van der Waals surface area (Å²) in [5, 5.41) is 14.3. The molecule has 7 heteroatoms. The molecule has 2 aromatic rings. The largest absolute Gasteiger partial charge is 0.380 e. The van der Waals surface area contributed by atoms with E-state index in [-0.39, 0.29) is 5.91 Å². The monoisotopic (exact) mass is 329 g/mol. The molecule has 0 radical (unpaired) electrons. The third kappa shape index (κ3) is 4.18. The van der Waals surface area contributed by atoms with Gasteiger partial charge >= 0.3 is 0 Å². The molecular formula is C17H23N5O2. The van der Waals surface area contributed by atoms with Crippen LogP contribution in [0.5, 0.6) is 0 Å². The van der Waals surface area contributed by atoms with Gasteiger partial charge in [-0.3, -0.25) is 4.79 Å². The highest BCUT2D eigenvalue weighted by atomic mass is 16.5. The Balaban J connectivity index is 1.54. The minimum atomic E-state index is -0.198. The fourth-order valence-electron chi connectivity index (χ4n) is 2.82. The SMILES string of the molecule is COCc1ccc(CNC(=O)c2cn(C3CCNCC3)nn2)cc1. The van der Waals surface area contributed by atoms with Gasteiger partial charge in [-0.05, 0) is 37.1 Å². The zero-order valence-electron chi connectivity index (χ0n) is 13.9. The number of aromatic nitrogens is 3. The first-order valence-corrected chi connectivity index (χ1v) is 8.24. The van der Waals surface area contributed by atoms with Gasteiger partial charge in [0.2, 0.25) is 0 Å². The second kappa shape index (κ2) is 8.03. The molecule has 7 nitrogen and oxygen atoms in total. The average molecular weight is 329 g/mol. The second-order valence-corrected chi connectivity index (χ2v) is 6.00. The summed E-state index contributed by atoms with van der Waals surface area (Å²) in [5.74, 6) is -0.198. The van der Waals surface area contributed by atoms with Crippen LogP contribution in [0.3, 0.4) is 0 Å². The average Bonchev–Trinajstić information content (AvgIpc) is 3.12. The molecule has 1 aliphatic heterocycles. The number of piperidine rings is 1. The molecule has 1 aliphatic rings. The Labute approximate surface area is 141 Å². The van der Waals surface area contributed by atoms with Crippen LogP contribution in [-0.4, -0.2) is 41.1 Å². The third-order valence-electron chi connectivity index (χ3n) is 4.21. The maximum Gasteiger partial charge on any atom is 0.273 e. The molecule has 2 heterocycles. The maximum absolute atomic E-state index is 12.2. The molecule has 3 rings (SSSR count). The van der Waals surface area contributed by atoms with Gasteiger partial charge < -0.3 is 15.4 Å². The number of benzene rings is 1. The highest BCUT2D eigenvalue weighted by molar-refractivity contribution is 5.91. The Kier molecular flexibility index (Phi) is 5.55. The number of amides is 1. The van der Waals surface area contributed by atoms with Gasteiger partial charge in [0.15, 0.2) is 5.69 Å². The highest BCUT2D eigenvalue weighted by Crippen LogP contribution is 2.17. The Morgan fingerprint density at radius 3 is 2.71 bits per heavy atom. The molecule has 128 valence electrons. The number of carbonyl (C=O) groups excluding carboxylic acids is 1. The molecule has 1 saturated heterocycles. The Morgan fingerprint density at radius 2 is 2.00 bits per heavy atom. The molecular weight excluding hydrogens is 306 g/mol. The molecule has 1 aromatic carbocycles. The smallest absolute Gasteiger partial charge is 0.273 e. The van der Waals surface area contributed by atoms with Crippen LogP contribution in [0.4, 0.5) is 0 Å². The van der Waals surface area contributed by atoms with Gasteiger partial charge in [-0.1, -0.05) is 29.5 Å². The van der Waals surface area contributed by atoms with Gasteiger partial charge in [-0.15, -0.1) is 5.10 Å². The summed E-state index contributed by atoms with van der Waals surface area (Å²) >= 11 is 0. The van der Waals surface area contributed by atoms with E-state index in [2.05, 4.69) is 20.9 Å². The topological polar surface area (TPSA) is 81.1 Å². The van der Waals surface area contributed by atoms with E-state index in [0.29, 0.717) is 24.9 Å². The molecule has 0 atom stereocenters. The summed E-state index contributed by atoms with van der Waals surface area (Å²) in [5.41, 5.74) is 2.51. The summed E-state index contributed by atoms with van der Waals surface area (Å²) in [6, 6.07) is 8.30. The molecule has 24 heavy (non-hydrogen) atoms. The quantitative estimate of drug-likeness (QED) is 0.834. The van der Waals surface area contributed by atoms with Gasteiger partial charge in [-0.25, -0.2) is 4.68 Å². The first-order chi connectivity index (χ1) is 11.8. The summed E-state index contributed by atoms with van der Waals surface area (Å²) in [4.78, 5) is 12.2. The van der Waals surface area contributed by atoms with Crippen molar-refractivity contribution < 1.29 is 9.53 Å². The number of hydrogen-bond donors (Lipinski definition) is 2. The predicted molar refractivity (Wildman–Crippen MR) is 89.5 cm³/mol. The van der Waals surface area contributed by atoms with E-state index in [1.54, 1.807) is 13.3 Å². The lowest BCUT2D eigenvalue weighted by molar-refractivity contribution is 0.0946. The summed E-state index contributed by atoms with van der Waals surface area (Å²) in [7, 11) is 1.67. The highest BCUT2D eigenvalue weighted by Gasteiger charge is 2.18. The van der Waals surface area contributed by atoms with E-state index < -0.39 is 0 Å². The molecule has 1 fully saturated rings. The van der Waals surface area contributed by atoms with E-state index in [4.69, 9.17) is 4.74 Å². The van der Waals surface area contributed by atoms with E-state index in [0.717, 1.165) is 37.1 Å². The Morgan fingerprint density at radius 1 is 1.29 bits per heavy atom. The molecule has 1 aromatic heterocycles. The second-order valence-electron chi connectivity index (χ2n) is 6.00. The Bertz CT molecular complexity index is 662. The summed E-state index contributed by atoms with van der Waals surface area (Å²) in [6.07, 6.45) is 3.77. The van der Waals surface area contributed by atoms with Crippen LogP contribution in [-0.2, 0) is 17.9 Å². The lowest BCUT2D eigenvalue weighted by Crippen LogP contribution is -2.29. The van der Waals surface area contributed by atoms with Gasteiger partial charge in [0, 0.05) is 13.7 Å². The predicted octanol–water partition coefficient (Wildman–Crippen LogP) is 1.28. The normalized spacial score (nSPS) is 15.4. The third-order valence-corrected chi connectivity index (χ3v) is 4.21. The van der Waals surface area contributed by atoms with Gasteiger partial charge in [0.05, 0.1) is 18.8 Å². The van der Waals surface area contributed by atoms with Crippen molar-refractivity contribution >= 4 is 5.91 Å². The van der Waals surface area contributed by atoms with Crippen molar-refractivity contribution in [2.24, 2.45) is 0 Å². The van der Waals surface area contributed by atoms with Crippen LogP contribution < -0.4 is 10.6 Å². The number of methoxy groups -OCH3 is 1. The molecule has 0 aliphatic carbocycles. The fourth-order valence-corrected chi connectivity index (χ4v) is 2.82. The van der Waals surface area contributed by atoms with Crippen molar-refractivity contribution in [2.45, 2.75) is 32.0 Å². The Hall–Kier alpha value is -2.25. The molecule has 0 unspecified atom stereocenters. The van der Waals surface area contributed by atoms with Gasteiger partial charge in [0.25, 0.3) is 5.91 Å². The van der Waals surface area contributed by atoms with Crippen molar-refractivity contribution in [3.05, 3.63) is 47.3 Å².